The number of benzene rings is 1. The summed E-state index contributed by atoms with van der Waals surface area (Å²) in [4.78, 5) is 11.7. The van der Waals surface area contributed by atoms with Crippen LogP contribution >= 0.6 is 0 Å². The van der Waals surface area contributed by atoms with Crippen LogP contribution < -0.4 is 0 Å². The van der Waals surface area contributed by atoms with E-state index in [0.29, 0.717) is 5.82 Å². The maximum absolute atomic E-state index is 3.98. The van der Waals surface area contributed by atoms with E-state index in [0.717, 1.165) is 5.56 Å². The molecule has 0 atom stereocenters. The molecule has 0 saturated carbocycles. The molecule has 0 aliphatic rings. The molecule has 2 aromatic rings. The van der Waals surface area contributed by atoms with Crippen molar-refractivity contribution in [2.24, 2.45) is 0 Å². The van der Waals surface area contributed by atoms with E-state index in [1.165, 1.54) is 12.7 Å². The highest BCUT2D eigenvalue weighted by Crippen LogP contribution is 2.03. The Morgan fingerprint density at radius 1 is 0.857 bits per heavy atom. The molecule has 0 radical (unpaired) electrons. The van der Waals surface area contributed by atoms with Crippen molar-refractivity contribution < 1.29 is 0 Å². The van der Waals surface area contributed by atoms with Crippen molar-refractivity contribution in [3.8, 4) is 0 Å². The second-order valence-corrected chi connectivity index (χ2v) is 2.74. The highest BCUT2D eigenvalue weighted by atomic mass is 15.0. The molecule has 0 aliphatic heterocycles. The minimum Gasteiger partial charge on any atom is -0.225 e. The van der Waals surface area contributed by atoms with Gasteiger partial charge >= 0.3 is 0 Å². The summed E-state index contributed by atoms with van der Waals surface area (Å²) < 4.78 is 0. The lowest BCUT2D eigenvalue weighted by atomic mass is 10.2. The Labute approximate surface area is 82.2 Å². The summed E-state index contributed by atoms with van der Waals surface area (Å²) in [5.41, 5.74) is 1.13. The van der Waals surface area contributed by atoms with Crippen molar-refractivity contribution in [3.05, 3.63) is 54.4 Å². The van der Waals surface area contributed by atoms with Crippen molar-refractivity contribution >= 4 is 12.2 Å². The minimum atomic E-state index is 0.670. The SMILES string of the molecule is C(=C\c1ncncn1)/c1ccccc1. The maximum Gasteiger partial charge on any atom is 0.155 e. The van der Waals surface area contributed by atoms with E-state index < -0.39 is 0 Å². The summed E-state index contributed by atoms with van der Waals surface area (Å²) in [5.74, 6) is 0.670. The Bertz CT molecular complexity index is 368. The predicted octanol–water partition coefficient (Wildman–Crippen LogP) is 2.04. The first kappa shape index (κ1) is 8.56. The Morgan fingerprint density at radius 2 is 1.57 bits per heavy atom. The number of rotatable bonds is 2. The number of aromatic nitrogens is 3. The second kappa shape index (κ2) is 4.28. The molecule has 1 aromatic heterocycles. The molecule has 14 heavy (non-hydrogen) atoms. The normalized spacial score (nSPS) is 10.6. The van der Waals surface area contributed by atoms with Crippen LogP contribution in [0.4, 0.5) is 0 Å². The molecule has 0 unspecified atom stereocenters. The zero-order valence-electron chi connectivity index (χ0n) is 7.54. The van der Waals surface area contributed by atoms with E-state index in [2.05, 4.69) is 15.0 Å². The van der Waals surface area contributed by atoms with Crippen LogP contribution in [0.3, 0.4) is 0 Å². The highest BCUT2D eigenvalue weighted by Gasteiger charge is 1.87. The van der Waals surface area contributed by atoms with Crippen molar-refractivity contribution in [3.63, 3.8) is 0 Å². The van der Waals surface area contributed by atoms with Crippen molar-refractivity contribution in [2.75, 3.05) is 0 Å². The molecular formula is C11H9N3. The topological polar surface area (TPSA) is 38.7 Å². The summed E-state index contributed by atoms with van der Waals surface area (Å²) in [7, 11) is 0. The van der Waals surface area contributed by atoms with Gasteiger partial charge in [-0.25, -0.2) is 15.0 Å². The van der Waals surface area contributed by atoms with Gasteiger partial charge in [0.25, 0.3) is 0 Å². The largest absolute Gasteiger partial charge is 0.225 e. The Balaban J connectivity index is 2.16. The molecule has 0 spiro atoms. The van der Waals surface area contributed by atoms with Crippen LogP contribution in [0, 0.1) is 0 Å². The lowest BCUT2D eigenvalue weighted by Gasteiger charge is -1.91. The smallest absolute Gasteiger partial charge is 0.155 e. The predicted molar refractivity (Wildman–Crippen MR) is 55.2 cm³/mol. The number of hydrogen-bond acceptors (Lipinski definition) is 3. The summed E-state index contributed by atoms with van der Waals surface area (Å²) in [6.45, 7) is 0. The van der Waals surface area contributed by atoms with E-state index in [4.69, 9.17) is 0 Å². The molecule has 0 bridgehead atoms. The molecule has 0 N–H and O–H groups in total. The van der Waals surface area contributed by atoms with Gasteiger partial charge in [-0.15, -0.1) is 0 Å². The molecule has 3 heteroatoms. The monoisotopic (exact) mass is 183 g/mol. The molecule has 0 fully saturated rings. The van der Waals surface area contributed by atoms with E-state index in [1.807, 2.05) is 42.5 Å². The van der Waals surface area contributed by atoms with Crippen LogP contribution in [0.2, 0.25) is 0 Å². The zero-order chi connectivity index (χ0) is 9.64. The van der Waals surface area contributed by atoms with E-state index in [1.54, 1.807) is 0 Å². The van der Waals surface area contributed by atoms with Gasteiger partial charge in [0, 0.05) is 0 Å². The molecule has 3 nitrogen and oxygen atoms in total. The fourth-order valence-electron chi connectivity index (χ4n) is 1.07. The lowest BCUT2D eigenvalue weighted by molar-refractivity contribution is 1.03. The van der Waals surface area contributed by atoms with Gasteiger partial charge in [0.2, 0.25) is 0 Å². The molecule has 2 rings (SSSR count). The first-order valence-corrected chi connectivity index (χ1v) is 4.30. The third kappa shape index (κ3) is 2.23. The Morgan fingerprint density at radius 3 is 2.29 bits per heavy atom. The van der Waals surface area contributed by atoms with Crippen LogP contribution in [-0.4, -0.2) is 15.0 Å². The first-order valence-electron chi connectivity index (χ1n) is 4.30. The number of hydrogen-bond donors (Lipinski definition) is 0. The van der Waals surface area contributed by atoms with Crippen LogP contribution in [-0.2, 0) is 0 Å². The molecule has 1 heterocycles. The molecule has 0 amide bonds. The summed E-state index contributed by atoms with van der Waals surface area (Å²) in [5, 5.41) is 0. The fraction of sp³-hybridized carbons (Fsp3) is 0. The molecule has 0 aliphatic carbocycles. The van der Waals surface area contributed by atoms with Crippen LogP contribution in [0.1, 0.15) is 11.4 Å². The van der Waals surface area contributed by atoms with Crippen LogP contribution in [0.15, 0.2) is 43.0 Å². The van der Waals surface area contributed by atoms with E-state index >= 15 is 0 Å². The van der Waals surface area contributed by atoms with Gasteiger partial charge in [-0.3, -0.25) is 0 Å². The summed E-state index contributed by atoms with van der Waals surface area (Å²) in [6, 6.07) is 10.0. The van der Waals surface area contributed by atoms with Crippen molar-refractivity contribution in [1.82, 2.24) is 15.0 Å². The van der Waals surface area contributed by atoms with Gasteiger partial charge in [0.05, 0.1) is 0 Å². The van der Waals surface area contributed by atoms with Gasteiger partial charge in [-0.1, -0.05) is 36.4 Å². The fourth-order valence-corrected chi connectivity index (χ4v) is 1.07. The third-order valence-electron chi connectivity index (χ3n) is 1.74. The third-order valence-corrected chi connectivity index (χ3v) is 1.74. The first-order chi connectivity index (χ1) is 6.95. The Kier molecular flexibility index (Phi) is 2.62. The standard InChI is InChI=1S/C11H9N3/c1-2-4-10(5-3-1)6-7-11-13-8-12-9-14-11/h1-9H/b7-6+. The highest BCUT2D eigenvalue weighted by molar-refractivity contribution is 5.66. The van der Waals surface area contributed by atoms with E-state index in [-0.39, 0.29) is 0 Å². The minimum absolute atomic E-state index is 0.670. The average molecular weight is 183 g/mol. The van der Waals surface area contributed by atoms with Gasteiger partial charge in [-0.05, 0) is 11.6 Å². The van der Waals surface area contributed by atoms with E-state index in [9.17, 15) is 0 Å². The molecular weight excluding hydrogens is 174 g/mol. The maximum atomic E-state index is 3.98. The quantitative estimate of drug-likeness (QED) is 0.715. The second-order valence-electron chi connectivity index (χ2n) is 2.74. The molecule has 1 aromatic carbocycles. The Hall–Kier alpha value is -2.03. The summed E-state index contributed by atoms with van der Waals surface area (Å²) >= 11 is 0. The summed E-state index contributed by atoms with van der Waals surface area (Å²) in [6.07, 6.45) is 6.79. The number of nitrogens with zero attached hydrogens (tertiary/aromatic N) is 3. The average Bonchev–Trinajstić information content (AvgIpc) is 2.29. The van der Waals surface area contributed by atoms with Crippen molar-refractivity contribution in [2.45, 2.75) is 0 Å². The van der Waals surface area contributed by atoms with Crippen molar-refractivity contribution in [1.29, 1.82) is 0 Å². The van der Waals surface area contributed by atoms with Gasteiger partial charge in [-0.2, -0.15) is 0 Å². The zero-order valence-corrected chi connectivity index (χ0v) is 7.54. The van der Waals surface area contributed by atoms with Gasteiger partial charge in [0.15, 0.2) is 5.82 Å². The van der Waals surface area contributed by atoms with Gasteiger partial charge in [0.1, 0.15) is 12.7 Å². The molecule has 68 valence electrons. The van der Waals surface area contributed by atoms with Crippen LogP contribution in [0.5, 0.6) is 0 Å². The van der Waals surface area contributed by atoms with Gasteiger partial charge < -0.3 is 0 Å². The molecule has 0 saturated heterocycles. The van der Waals surface area contributed by atoms with Crippen LogP contribution in [0.25, 0.3) is 12.2 Å². The lowest BCUT2D eigenvalue weighted by Crippen LogP contribution is -1.85.